The molecule has 2 heterocycles. The highest BCUT2D eigenvalue weighted by atomic mass is 16.5. The highest BCUT2D eigenvalue weighted by Gasteiger charge is 2.23. The molecular weight excluding hydrogens is 408 g/mol. The van der Waals surface area contributed by atoms with Gasteiger partial charge in [0.1, 0.15) is 0 Å². The minimum Gasteiger partial charge on any atom is -0.490 e. The maximum atomic E-state index is 9.23. The topological polar surface area (TPSA) is 97.9 Å². The molecule has 0 aliphatic carbocycles. The Hall–Kier alpha value is -3.36. The molecule has 32 heavy (non-hydrogen) atoms. The number of hydrogen-bond donors (Lipinski definition) is 2. The van der Waals surface area contributed by atoms with Gasteiger partial charge in [0.05, 0.1) is 30.9 Å². The van der Waals surface area contributed by atoms with E-state index in [1.165, 1.54) is 0 Å². The van der Waals surface area contributed by atoms with Gasteiger partial charge in [-0.15, -0.1) is 0 Å². The van der Waals surface area contributed by atoms with Crippen molar-refractivity contribution in [2.75, 3.05) is 33.4 Å². The van der Waals surface area contributed by atoms with Crippen LogP contribution in [0.25, 0.3) is 33.7 Å². The largest absolute Gasteiger partial charge is 0.490 e. The summed E-state index contributed by atoms with van der Waals surface area (Å²) in [4.78, 5) is 8.72. The number of aromatic nitrogens is 3. The number of ether oxygens (including phenoxy) is 2. The summed E-state index contributed by atoms with van der Waals surface area (Å²) < 4.78 is 17.1. The number of nitrogens with one attached hydrogen (secondary N) is 2. The Bertz CT molecular complexity index is 1180. The van der Waals surface area contributed by atoms with Crippen molar-refractivity contribution in [2.24, 2.45) is 0 Å². The van der Waals surface area contributed by atoms with Crippen molar-refractivity contribution < 1.29 is 24.1 Å². The van der Waals surface area contributed by atoms with Gasteiger partial charge in [-0.3, -0.25) is 4.90 Å². The lowest BCUT2D eigenvalue weighted by molar-refractivity contribution is -0.356. The molecule has 8 nitrogen and oxygen atoms in total. The summed E-state index contributed by atoms with van der Waals surface area (Å²) in [5, 5.41) is 14.6. The zero-order valence-electron chi connectivity index (χ0n) is 18.6. The van der Waals surface area contributed by atoms with Gasteiger partial charge in [0.15, 0.2) is 16.7 Å². The van der Waals surface area contributed by atoms with Gasteiger partial charge in [-0.1, -0.05) is 6.07 Å². The molecule has 2 aromatic heterocycles. The highest BCUT2D eigenvalue weighted by molar-refractivity contribution is 5.95. The number of aliphatic hydroxyl groups is 1. The molecule has 168 valence electrons. The van der Waals surface area contributed by atoms with Crippen LogP contribution >= 0.6 is 0 Å². The zero-order chi connectivity index (χ0) is 22.5. The van der Waals surface area contributed by atoms with Gasteiger partial charge >= 0.3 is 11.7 Å². The number of nitrogens with zero attached hydrogens (tertiary/aromatic N) is 2. The number of hydrogen-bond acceptors (Lipinski definition) is 6. The maximum Gasteiger partial charge on any atom is 0.379 e. The van der Waals surface area contributed by atoms with Crippen LogP contribution < -0.4 is 14.5 Å². The number of benzene rings is 2. The van der Waals surface area contributed by atoms with Crippen LogP contribution in [-0.2, 0) is 6.54 Å². The summed E-state index contributed by atoms with van der Waals surface area (Å²) >= 11 is 0. The van der Waals surface area contributed by atoms with Gasteiger partial charge in [-0.2, -0.15) is 4.98 Å². The summed E-state index contributed by atoms with van der Waals surface area (Å²) in [5.41, 5.74) is 3.92. The lowest BCUT2D eigenvalue weighted by Crippen LogP contribution is -2.21. The number of aliphatic hydroxyl groups excluding tert-OH is 1. The number of likely N-dealkylation sites (N-methyl/N-ethyl adjacent to an activating group) is 1. The lowest BCUT2D eigenvalue weighted by Gasteiger charge is -2.14. The number of aromatic amines is 2. The first-order valence-electron chi connectivity index (χ1n) is 10.8. The monoisotopic (exact) mass is 437 g/mol. The number of rotatable bonds is 10. The quantitative estimate of drug-likeness (QED) is 0.394. The molecule has 8 heteroatoms. The van der Waals surface area contributed by atoms with Crippen LogP contribution in [0.2, 0.25) is 0 Å². The Morgan fingerprint density at radius 3 is 2.72 bits per heavy atom. The molecule has 0 bridgehead atoms. The summed E-state index contributed by atoms with van der Waals surface area (Å²) in [7, 11) is 1.99. The molecule has 0 radical (unpaired) electrons. The summed E-state index contributed by atoms with van der Waals surface area (Å²) in [6.07, 6.45) is 2.00. The Morgan fingerprint density at radius 2 is 1.94 bits per heavy atom. The smallest absolute Gasteiger partial charge is 0.379 e. The van der Waals surface area contributed by atoms with Crippen LogP contribution in [0, 0.1) is 0 Å². The second-order valence-corrected chi connectivity index (χ2v) is 7.52. The van der Waals surface area contributed by atoms with Gasteiger partial charge in [0.25, 0.3) is 0 Å². The van der Waals surface area contributed by atoms with Crippen molar-refractivity contribution in [3.8, 4) is 34.3 Å². The summed E-state index contributed by atoms with van der Waals surface area (Å²) in [5.74, 6) is 2.55. The van der Waals surface area contributed by atoms with E-state index < -0.39 is 0 Å². The van der Waals surface area contributed by atoms with Gasteiger partial charge in [-0.25, -0.2) is 4.52 Å². The van der Waals surface area contributed by atoms with Crippen molar-refractivity contribution in [3.63, 3.8) is 0 Å². The number of H-pyrrole nitrogens is 2. The second-order valence-electron chi connectivity index (χ2n) is 7.52. The highest BCUT2D eigenvalue weighted by Crippen LogP contribution is 2.33. The SMILES string of the molecule is CCOc1ccc(-c2[nH+]c(-c3cccc4[nH]cc(CN(C)CCO)c34)no2)cc1OCC. The van der Waals surface area contributed by atoms with Gasteiger partial charge in [0.2, 0.25) is 0 Å². The van der Waals surface area contributed by atoms with E-state index in [9.17, 15) is 5.11 Å². The van der Waals surface area contributed by atoms with Crippen molar-refractivity contribution >= 4 is 10.9 Å². The molecule has 4 aromatic rings. The average molecular weight is 438 g/mol. The first kappa shape index (κ1) is 21.9. The molecule has 0 fully saturated rings. The second kappa shape index (κ2) is 9.84. The average Bonchev–Trinajstić information content (AvgIpc) is 3.43. The molecule has 0 atom stereocenters. The lowest BCUT2D eigenvalue weighted by atomic mass is 10.1. The molecule has 0 aliphatic heterocycles. The van der Waals surface area contributed by atoms with E-state index in [1.807, 2.05) is 63.5 Å². The molecule has 0 saturated carbocycles. The van der Waals surface area contributed by atoms with Crippen LogP contribution in [0.5, 0.6) is 11.5 Å². The third kappa shape index (κ3) is 4.46. The first-order chi connectivity index (χ1) is 15.6. The van der Waals surface area contributed by atoms with Crippen LogP contribution in [0.1, 0.15) is 19.4 Å². The van der Waals surface area contributed by atoms with Crippen LogP contribution in [0.4, 0.5) is 0 Å². The molecule has 0 saturated heterocycles. The van der Waals surface area contributed by atoms with Crippen LogP contribution in [0.15, 0.2) is 47.1 Å². The predicted molar refractivity (Wildman–Crippen MR) is 122 cm³/mol. The maximum absolute atomic E-state index is 9.23. The van der Waals surface area contributed by atoms with Gasteiger partial charge < -0.3 is 19.6 Å². The molecular formula is C24H29N4O4+. The Balaban J connectivity index is 1.70. The van der Waals surface area contributed by atoms with E-state index in [-0.39, 0.29) is 6.61 Å². The van der Waals surface area contributed by atoms with Crippen molar-refractivity contribution in [1.82, 2.24) is 15.0 Å². The van der Waals surface area contributed by atoms with E-state index in [0.717, 1.165) is 27.6 Å². The third-order valence-electron chi connectivity index (χ3n) is 5.23. The normalized spacial score (nSPS) is 11.4. The van der Waals surface area contributed by atoms with E-state index >= 15 is 0 Å². The minimum absolute atomic E-state index is 0.123. The van der Waals surface area contributed by atoms with E-state index in [1.54, 1.807) is 0 Å². The van der Waals surface area contributed by atoms with Crippen molar-refractivity contribution in [2.45, 2.75) is 20.4 Å². The molecule has 2 aromatic carbocycles. The Labute approximate surface area is 186 Å². The van der Waals surface area contributed by atoms with Gasteiger partial charge in [0, 0.05) is 30.2 Å². The summed E-state index contributed by atoms with van der Waals surface area (Å²) in [6, 6.07) is 11.7. The van der Waals surface area contributed by atoms with Gasteiger partial charge in [-0.05, 0) is 56.8 Å². The van der Waals surface area contributed by atoms with Crippen molar-refractivity contribution in [1.29, 1.82) is 0 Å². The predicted octanol–water partition coefficient (Wildman–Crippen LogP) is 3.53. The van der Waals surface area contributed by atoms with Crippen molar-refractivity contribution in [3.05, 3.63) is 48.2 Å². The Kier molecular flexibility index (Phi) is 6.72. The molecule has 0 unspecified atom stereocenters. The molecule has 0 amide bonds. The van der Waals surface area contributed by atoms with E-state index in [4.69, 9.17) is 14.0 Å². The fourth-order valence-corrected chi connectivity index (χ4v) is 3.80. The van der Waals surface area contributed by atoms with E-state index in [0.29, 0.717) is 49.5 Å². The third-order valence-corrected chi connectivity index (χ3v) is 5.23. The van der Waals surface area contributed by atoms with Crippen LogP contribution in [0.3, 0.4) is 0 Å². The zero-order valence-corrected chi connectivity index (χ0v) is 18.6. The molecule has 0 aliphatic rings. The molecule has 4 rings (SSSR count). The van der Waals surface area contributed by atoms with E-state index in [2.05, 4.69) is 20.0 Å². The Morgan fingerprint density at radius 1 is 1.12 bits per heavy atom. The fourth-order valence-electron chi connectivity index (χ4n) is 3.80. The van der Waals surface area contributed by atoms with Crippen LogP contribution in [-0.4, -0.2) is 53.6 Å². The first-order valence-corrected chi connectivity index (χ1v) is 10.8. The molecule has 0 spiro atoms. The number of fused-ring (bicyclic) bond motifs is 1. The molecule has 3 N–H and O–H groups in total. The fraction of sp³-hybridized carbons (Fsp3) is 0.333. The summed E-state index contributed by atoms with van der Waals surface area (Å²) in [6.45, 7) is 6.42. The standard InChI is InChI=1S/C24H28N4O4/c1-4-30-20-10-9-16(13-21(20)31-5-2)24-26-23(27-32-24)18-7-6-8-19-22(18)17(14-25-19)15-28(3)11-12-29/h6-10,13-14,25,29H,4-5,11-12,15H2,1-3H3/p+1. The minimum atomic E-state index is 0.123.